The monoisotopic (exact) mass is 309 g/mol. The molecule has 1 N–H and O–H groups in total. The summed E-state index contributed by atoms with van der Waals surface area (Å²) in [5.74, 6) is -0.380. The van der Waals surface area contributed by atoms with E-state index in [1.54, 1.807) is 4.68 Å². The van der Waals surface area contributed by atoms with Gasteiger partial charge in [-0.05, 0) is 31.7 Å². The fourth-order valence-corrected chi connectivity index (χ4v) is 2.11. The second kappa shape index (κ2) is 7.89. The van der Waals surface area contributed by atoms with Crippen molar-refractivity contribution in [1.82, 2.24) is 15.1 Å². The zero-order valence-corrected chi connectivity index (χ0v) is 12.9. The van der Waals surface area contributed by atoms with Crippen LogP contribution in [-0.4, -0.2) is 16.8 Å². The van der Waals surface area contributed by atoms with Gasteiger partial charge in [-0.2, -0.15) is 5.10 Å². The Labute approximate surface area is 129 Å². The molecule has 0 aliphatic rings. The third-order valence-electron chi connectivity index (χ3n) is 3.26. The van der Waals surface area contributed by atoms with Gasteiger partial charge in [0.2, 0.25) is 5.88 Å². The molecule has 0 aliphatic heterocycles. The van der Waals surface area contributed by atoms with Crippen molar-refractivity contribution in [2.75, 3.05) is 7.05 Å². The first-order valence-corrected chi connectivity index (χ1v) is 7.42. The summed E-state index contributed by atoms with van der Waals surface area (Å²) in [6.45, 7) is 3.44. The molecule has 22 heavy (non-hydrogen) atoms. The maximum atomic E-state index is 13.6. The van der Waals surface area contributed by atoms with E-state index in [0.717, 1.165) is 43.3 Å². The molecule has 0 radical (unpaired) electrons. The fraction of sp³-hybridized carbons (Fsp3) is 0.438. The van der Waals surface area contributed by atoms with Gasteiger partial charge in [0.05, 0.1) is 5.69 Å². The molecule has 0 atom stereocenters. The van der Waals surface area contributed by atoms with Gasteiger partial charge in [-0.1, -0.05) is 13.3 Å². The number of aromatic nitrogens is 2. The smallest absolute Gasteiger partial charge is 0.212 e. The molecule has 0 fully saturated rings. The van der Waals surface area contributed by atoms with Gasteiger partial charge in [0.1, 0.15) is 18.2 Å². The fourth-order valence-electron chi connectivity index (χ4n) is 2.11. The summed E-state index contributed by atoms with van der Waals surface area (Å²) in [4.78, 5) is 0. The number of hydrogen-bond acceptors (Lipinski definition) is 3. The number of ether oxygens (including phenoxy) is 1. The molecule has 2 rings (SSSR count). The van der Waals surface area contributed by atoms with Crippen molar-refractivity contribution >= 4 is 0 Å². The summed E-state index contributed by atoms with van der Waals surface area (Å²) in [7, 11) is 1.84. The van der Waals surface area contributed by atoms with Crippen molar-refractivity contribution in [1.29, 1.82) is 0 Å². The van der Waals surface area contributed by atoms with Crippen molar-refractivity contribution in [2.24, 2.45) is 0 Å². The maximum absolute atomic E-state index is 13.6. The Morgan fingerprint density at radius 1 is 1.27 bits per heavy atom. The standard InChI is InChI=1S/C16H21F2N3O/c1-3-4-7-21-16(9-14(20-21)10-19-2)22-11-12-8-13(17)5-6-15(12)18/h5-6,8-9,19H,3-4,7,10-11H2,1-2H3. The van der Waals surface area contributed by atoms with Crippen LogP contribution in [0.3, 0.4) is 0 Å². The average Bonchev–Trinajstić information content (AvgIpc) is 2.88. The summed E-state index contributed by atoms with van der Waals surface area (Å²) < 4.78 is 34.2. The van der Waals surface area contributed by atoms with E-state index in [2.05, 4.69) is 17.3 Å². The predicted molar refractivity (Wildman–Crippen MR) is 80.6 cm³/mol. The van der Waals surface area contributed by atoms with Gasteiger partial charge in [0, 0.05) is 24.7 Å². The van der Waals surface area contributed by atoms with Gasteiger partial charge in [-0.3, -0.25) is 0 Å². The summed E-state index contributed by atoms with van der Waals surface area (Å²) >= 11 is 0. The molecule has 0 saturated carbocycles. The molecule has 120 valence electrons. The first-order valence-electron chi connectivity index (χ1n) is 7.42. The highest BCUT2D eigenvalue weighted by molar-refractivity contribution is 5.20. The largest absolute Gasteiger partial charge is 0.473 e. The molecule has 0 unspecified atom stereocenters. The maximum Gasteiger partial charge on any atom is 0.212 e. The molecular weight excluding hydrogens is 288 g/mol. The quantitative estimate of drug-likeness (QED) is 0.813. The summed E-state index contributed by atoms with van der Waals surface area (Å²) in [5, 5.41) is 7.48. The number of halogens is 2. The van der Waals surface area contributed by atoms with Crippen molar-refractivity contribution in [3.8, 4) is 5.88 Å². The van der Waals surface area contributed by atoms with Gasteiger partial charge in [-0.25, -0.2) is 13.5 Å². The van der Waals surface area contributed by atoms with E-state index in [1.807, 2.05) is 13.1 Å². The summed E-state index contributed by atoms with van der Waals surface area (Å²) in [5.41, 5.74) is 1.05. The van der Waals surface area contributed by atoms with Crippen LogP contribution in [0.25, 0.3) is 0 Å². The minimum Gasteiger partial charge on any atom is -0.473 e. The van der Waals surface area contributed by atoms with Crippen molar-refractivity contribution in [2.45, 2.75) is 39.5 Å². The molecule has 6 heteroatoms. The zero-order chi connectivity index (χ0) is 15.9. The minimum atomic E-state index is -0.477. The lowest BCUT2D eigenvalue weighted by atomic mass is 10.2. The molecule has 1 heterocycles. The molecule has 1 aromatic heterocycles. The Morgan fingerprint density at radius 3 is 2.82 bits per heavy atom. The van der Waals surface area contributed by atoms with Gasteiger partial charge in [0.15, 0.2) is 0 Å². The molecule has 1 aromatic carbocycles. The average molecular weight is 309 g/mol. The van der Waals surface area contributed by atoms with Crippen LogP contribution < -0.4 is 10.1 Å². The highest BCUT2D eigenvalue weighted by atomic mass is 19.1. The van der Waals surface area contributed by atoms with E-state index in [4.69, 9.17) is 4.74 Å². The minimum absolute atomic E-state index is 0.0274. The third-order valence-corrected chi connectivity index (χ3v) is 3.26. The number of nitrogens with zero attached hydrogens (tertiary/aromatic N) is 2. The van der Waals surface area contributed by atoms with Crippen LogP contribution in [0.2, 0.25) is 0 Å². The number of rotatable bonds is 8. The van der Waals surface area contributed by atoms with Crippen molar-refractivity contribution in [3.05, 3.63) is 47.2 Å². The Bertz CT molecular complexity index is 613. The predicted octanol–water partition coefficient (Wildman–Crippen LogP) is 3.26. The topological polar surface area (TPSA) is 39.1 Å². The highest BCUT2D eigenvalue weighted by Crippen LogP contribution is 2.18. The van der Waals surface area contributed by atoms with Gasteiger partial charge < -0.3 is 10.1 Å². The van der Waals surface area contributed by atoms with Crippen LogP contribution in [0.1, 0.15) is 31.0 Å². The van der Waals surface area contributed by atoms with E-state index in [9.17, 15) is 8.78 Å². The zero-order valence-electron chi connectivity index (χ0n) is 12.9. The van der Waals surface area contributed by atoms with Gasteiger partial charge in [0.25, 0.3) is 0 Å². The Balaban J connectivity index is 2.11. The number of benzene rings is 1. The van der Waals surface area contributed by atoms with Crippen LogP contribution in [0.15, 0.2) is 24.3 Å². The first kappa shape index (κ1) is 16.4. The van der Waals surface area contributed by atoms with E-state index in [0.29, 0.717) is 12.4 Å². The summed E-state index contributed by atoms with van der Waals surface area (Å²) in [6.07, 6.45) is 2.02. The van der Waals surface area contributed by atoms with Crippen molar-refractivity contribution in [3.63, 3.8) is 0 Å². The number of unbranched alkanes of at least 4 members (excludes halogenated alkanes) is 1. The van der Waals surface area contributed by atoms with Crippen molar-refractivity contribution < 1.29 is 13.5 Å². The lowest BCUT2D eigenvalue weighted by molar-refractivity contribution is 0.265. The third kappa shape index (κ3) is 4.27. The van der Waals surface area contributed by atoms with Gasteiger partial charge in [-0.15, -0.1) is 0 Å². The second-order valence-corrected chi connectivity index (χ2v) is 5.11. The number of aryl methyl sites for hydroxylation is 1. The molecule has 0 saturated heterocycles. The molecule has 0 amide bonds. The Morgan fingerprint density at radius 2 is 2.09 bits per heavy atom. The Kier molecular flexibility index (Phi) is 5.89. The lowest BCUT2D eigenvalue weighted by Crippen LogP contribution is -2.08. The van der Waals surface area contributed by atoms with Crippen LogP contribution in [0, 0.1) is 11.6 Å². The van der Waals surface area contributed by atoms with Crippen LogP contribution >= 0.6 is 0 Å². The number of nitrogens with one attached hydrogen (secondary N) is 1. The van der Waals surface area contributed by atoms with Gasteiger partial charge >= 0.3 is 0 Å². The van der Waals surface area contributed by atoms with Crippen LogP contribution in [-0.2, 0) is 19.7 Å². The SMILES string of the molecule is CCCCn1nc(CNC)cc1OCc1cc(F)ccc1F. The first-order chi connectivity index (χ1) is 10.6. The number of hydrogen-bond donors (Lipinski definition) is 1. The molecule has 0 bridgehead atoms. The molecule has 0 spiro atoms. The van der Waals surface area contributed by atoms with Crippen LogP contribution in [0.5, 0.6) is 5.88 Å². The van der Waals surface area contributed by atoms with E-state index in [1.165, 1.54) is 0 Å². The van der Waals surface area contributed by atoms with E-state index < -0.39 is 11.6 Å². The molecule has 0 aliphatic carbocycles. The molecule has 2 aromatic rings. The molecule has 4 nitrogen and oxygen atoms in total. The Hall–Kier alpha value is -1.95. The lowest BCUT2D eigenvalue weighted by Gasteiger charge is -2.09. The summed E-state index contributed by atoms with van der Waals surface area (Å²) in [6, 6.07) is 5.17. The van der Waals surface area contributed by atoms with E-state index in [-0.39, 0.29) is 12.2 Å². The van der Waals surface area contributed by atoms with E-state index >= 15 is 0 Å². The molecular formula is C16H21F2N3O. The van der Waals surface area contributed by atoms with Crippen LogP contribution in [0.4, 0.5) is 8.78 Å². The highest BCUT2D eigenvalue weighted by Gasteiger charge is 2.11. The normalized spacial score (nSPS) is 10.9. The second-order valence-electron chi connectivity index (χ2n) is 5.11.